The predicted molar refractivity (Wildman–Crippen MR) is 62.6 cm³/mol. The van der Waals surface area contributed by atoms with Gasteiger partial charge in [0.15, 0.2) is 5.17 Å². The van der Waals surface area contributed by atoms with Crippen LogP contribution in [0.25, 0.3) is 0 Å². The molecule has 0 radical (unpaired) electrons. The van der Waals surface area contributed by atoms with Gasteiger partial charge < -0.3 is 5.73 Å². The van der Waals surface area contributed by atoms with E-state index in [4.69, 9.17) is 5.73 Å². The molecule has 1 aromatic rings. The standard InChI is InChI=1S/C11H14N2S/c1-8-3-5-9(6-4-8)11(2)7-14-10(12)13-11/h3-6H,7H2,1-2H3,(H2,12,13). The van der Waals surface area contributed by atoms with Gasteiger partial charge in [-0.25, -0.2) is 0 Å². The van der Waals surface area contributed by atoms with Gasteiger partial charge in [0.2, 0.25) is 0 Å². The van der Waals surface area contributed by atoms with Crippen molar-refractivity contribution in [3.63, 3.8) is 0 Å². The maximum Gasteiger partial charge on any atom is 0.154 e. The first kappa shape index (κ1) is 9.59. The van der Waals surface area contributed by atoms with Crippen molar-refractivity contribution in [1.82, 2.24) is 0 Å². The van der Waals surface area contributed by atoms with Crippen molar-refractivity contribution in [3.05, 3.63) is 35.4 Å². The molecule has 14 heavy (non-hydrogen) atoms. The minimum Gasteiger partial charge on any atom is -0.379 e. The van der Waals surface area contributed by atoms with E-state index in [9.17, 15) is 0 Å². The van der Waals surface area contributed by atoms with Crippen molar-refractivity contribution in [1.29, 1.82) is 0 Å². The summed E-state index contributed by atoms with van der Waals surface area (Å²) in [5.74, 6) is 0.946. The predicted octanol–water partition coefficient (Wildman–Crippen LogP) is 2.27. The first-order valence-electron chi connectivity index (χ1n) is 4.65. The van der Waals surface area contributed by atoms with Crippen molar-refractivity contribution in [2.45, 2.75) is 19.4 Å². The second-order valence-corrected chi connectivity index (χ2v) is 4.87. The molecule has 1 heterocycles. The van der Waals surface area contributed by atoms with Crippen molar-refractivity contribution in [2.24, 2.45) is 10.7 Å². The van der Waals surface area contributed by atoms with Crippen LogP contribution in [0.3, 0.4) is 0 Å². The number of nitrogens with zero attached hydrogens (tertiary/aromatic N) is 1. The molecule has 0 aromatic heterocycles. The fourth-order valence-corrected chi connectivity index (χ4v) is 2.51. The van der Waals surface area contributed by atoms with Crippen molar-refractivity contribution >= 4 is 16.9 Å². The molecule has 0 spiro atoms. The van der Waals surface area contributed by atoms with Crippen LogP contribution in [0.4, 0.5) is 0 Å². The maximum atomic E-state index is 5.69. The summed E-state index contributed by atoms with van der Waals surface area (Å²) >= 11 is 1.63. The Bertz CT molecular complexity index is 369. The number of hydrogen-bond donors (Lipinski definition) is 1. The molecular weight excluding hydrogens is 192 g/mol. The summed E-state index contributed by atoms with van der Waals surface area (Å²) in [6.07, 6.45) is 0. The molecule has 2 N–H and O–H groups in total. The fraction of sp³-hybridized carbons (Fsp3) is 0.364. The van der Waals surface area contributed by atoms with Gasteiger partial charge in [-0.3, -0.25) is 4.99 Å². The third-order valence-corrected chi connectivity index (χ3v) is 3.63. The molecule has 0 bridgehead atoms. The number of rotatable bonds is 1. The van der Waals surface area contributed by atoms with Crippen LogP contribution >= 0.6 is 11.8 Å². The zero-order valence-corrected chi connectivity index (χ0v) is 9.27. The monoisotopic (exact) mass is 206 g/mol. The first-order valence-corrected chi connectivity index (χ1v) is 5.64. The summed E-state index contributed by atoms with van der Waals surface area (Å²) in [6.45, 7) is 4.22. The topological polar surface area (TPSA) is 38.4 Å². The number of hydrogen-bond acceptors (Lipinski definition) is 3. The molecule has 1 aliphatic heterocycles. The first-order chi connectivity index (χ1) is 6.60. The number of thioether (sulfide) groups is 1. The minimum atomic E-state index is -0.123. The molecule has 2 rings (SSSR count). The average Bonchev–Trinajstić information content (AvgIpc) is 2.48. The molecule has 1 aromatic carbocycles. The van der Waals surface area contributed by atoms with Crippen LogP contribution in [0.15, 0.2) is 29.3 Å². The van der Waals surface area contributed by atoms with E-state index in [1.165, 1.54) is 11.1 Å². The van der Waals surface area contributed by atoms with E-state index in [1.807, 2.05) is 0 Å². The Labute approximate surface area is 88.6 Å². The van der Waals surface area contributed by atoms with E-state index in [0.717, 1.165) is 5.75 Å². The Hall–Kier alpha value is -0.960. The van der Waals surface area contributed by atoms with Crippen LogP contribution < -0.4 is 5.73 Å². The van der Waals surface area contributed by atoms with Crippen molar-refractivity contribution in [3.8, 4) is 0 Å². The Morgan fingerprint density at radius 1 is 1.36 bits per heavy atom. The summed E-state index contributed by atoms with van der Waals surface area (Å²) < 4.78 is 0. The Kier molecular flexibility index (Phi) is 2.27. The molecule has 3 heteroatoms. The van der Waals surface area contributed by atoms with E-state index in [2.05, 4.69) is 43.1 Å². The van der Waals surface area contributed by atoms with Gasteiger partial charge in [-0.2, -0.15) is 0 Å². The van der Waals surface area contributed by atoms with E-state index >= 15 is 0 Å². The normalized spacial score (nSPS) is 26.3. The lowest BCUT2D eigenvalue weighted by Crippen LogP contribution is -2.19. The van der Waals surface area contributed by atoms with Crippen LogP contribution in [0.2, 0.25) is 0 Å². The third-order valence-electron chi connectivity index (χ3n) is 2.53. The number of aliphatic imine (C=N–C) groups is 1. The zero-order chi connectivity index (χ0) is 10.2. The Balaban J connectivity index is 2.35. The van der Waals surface area contributed by atoms with Crippen LogP contribution in [-0.2, 0) is 5.54 Å². The van der Waals surface area contributed by atoms with Gasteiger partial charge in [-0.05, 0) is 19.4 Å². The molecule has 2 nitrogen and oxygen atoms in total. The summed E-state index contributed by atoms with van der Waals surface area (Å²) in [5, 5.41) is 0.702. The lowest BCUT2D eigenvalue weighted by atomic mass is 9.94. The number of aryl methyl sites for hydroxylation is 1. The van der Waals surface area contributed by atoms with Crippen molar-refractivity contribution < 1.29 is 0 Å². The third kappa shape index (κ3) is 1.64. The Morgan fingerprint density at radius 3 is 2.50 bits per heavy atom. The molecule has 0 saturated carbocycles. The largest absolute Gasteiger partial charge is 0.379 e. The average molecular weight is 206 g/mol. The molecule has 74 valence electrons. The zero-order valence-electron chi connectivity index (χ0n) is 8.45. The molecule has 1 aliphatic rings. The molecule has 1 atom stereocenters. The molecule has 0 amide bonds. The van der Waals surface area contributed by atoms with Crippen LogP contribution in [-0.4, -0.2) is 10.9 Å². The van der Waals surface area contributed by atoms with Crippen LogP contribution in [0.1, 0.15) is 18.1 Å². The highest BCUT2D eigenvalue weighted by Crippen LogP contribution is 2.35. The molecular formula is C11H14N2S. The minimum absolute atomic E-state index is 0.123. The van der Waals surface area contributed by atoms with E-state index in [1.54, 1.807) is 11.8 Å². The van der Waals surface area contributed by atoms with Gasteiger partial charge >= 0.3 is 0 Å². The highest BCUT2D eigenvalue weighted by molar-refractivity contribution is 8.14. The molecule has 1 unspecified atom stereocenters. The van der Waals surface area contributed by atoms with Gasteiger partial charge in [-0.1, -0.05) is 41.6 Å². The van der Waals surface area contributed by atoms with Gasteiger partial charge in [0.1, 0.15) is 0 Å². The molecule has 0 fully saturated rings. The van der Waals surface area contributed by atoms with Gasteiger partial charge in [0.25, 0.3) is 0 Å². The lowest BCUT2D eigenvalue weighted by molar-refractivity contribution is 0.579. The van der Waals surface area contributed by atoms with E-state index in [-0.39, 0.29) is 5.54 Å². The number of amidine groups is 1. The highest BCUT2D eigenvalue weighted by atomic mass is 32.2. The van der Waals surface area contributed by atoms with E-state index in [0.29, 0.717) is 5.17 Å². The van der Waals surface area contributed by atoms with Crippen LogP contribution in [0, 0.1) is 6.92 Å². The molecule has 0 saturated heterocycles. The van der Waals surface area contributed by atoms with Gasteiger partial charge in [0, 0.05) is 5.75 Å². The summed E-state index contributed by atoms with van der Waals surface area (Å²) in [5.41, 5.74) is 8.09. The smallest absolute Gasteiger partial charge is 0.154 e. The lowest BCUT2D eigenvalue weighted by Gasteiger charge is -2.19. The highest BCUT2D eigenvalue weighted by Gasteiger charge is 2.31. The summed E-state index contributed by atoms with van der Waals surface area (Å²) in [4.78, 5) is 4.48. The molecule has 0 aliphatic carbocycles. The maximum absolute atomic E-state index is 5.69. The SMILES string of the molecule is Cc1ccc(C2(C)CSC(N)=N2)cc1. The second kappa shape index (κ2) is 3.31. The summed E-state index contributed by atoms with van der Waals surface area (Å²) in [6, 6.07) is 8.51. The summed E-state index contributed by atoms with van der Waals surface area (Å²) in [7, 11) is 0. The van der Waals surface area contributed by atoms with Gasteiger partial charge in [-0.15, -0.1) is 0 Å². The Morgan fingerprint density at radius 2 is 2.00 bits per heavy atom. The number of nitrogens with two attached hydrogens (primary N) is 1. The van der Waals surface area contributed by atoms with Crippen LogP contribution in [0.5, 0.6) is 0 Å². The fourth-order valence-electron chi connectivity index (χ4n) is 1.58. The number of benzene rings is 1. The van der Waals surface area contributed by atoms with E-state index < -0.39 is 0 Å². The second-order valence-electron chi connectivity index (χ2n) is 3.88. The van der Waals surface area contributed by atoms with Gasteiger partial charge in [0.05, 0.1) is 5.54 Å². The quantitative estimate of drug-likeness (QED) is 0.765. The van der Waals surface area contributed by atoms with Crippen molar-refractivity contribution in [2.75, 3.05) is 5.75 Å².